The second-order valence-electron chi connectivity index (χ2n) is 6.66. The van der Waals surface area contributed by atoms with E-state index in [1.165, 1.54) is 19.2 Å². The fourth-order valence-corrected chi connectivity index (χ4v) is 3.54. The summed E-state index contributed by atoms with van der Waals surface area (Å²) in [4.78, 5) is 24.7. The van der Waals surface area contributed by atoms with Crippen LogP contribution in [-0.4, -0.2) is 27.4 Å². The third-order valence-electron chi connectivity index (χ3n) is 4.46. The molecule has 0 radical (unpaired) electrons. The molecule has 160 valence electrons. The Morgan fingerprint density at radius 2 is 1.29 bits per heavy atom. The number of hydrogen-bond acceptors (Lipinski definition) is 4. The van der Waals surface area contributed by atoms with Gasteiger partial charge in [0.2, 0.25) is 10.0 Å². The highest BCUT2D eigenvalue weighted by Crippen LogP contribution is 2.19. The van der Waals surface area contributed by atoms with E-state index >= 15 is 0 Å². The summed E-state index contributed by atoms with van der Waals surface area (Å²) < 4.78 is 26.2. The van der Waals surface area contributed by atoms with Crippen molar-refractivity contribution in [3.05, 3.63) is 83.9 Å². The molecule has 0 unspecified atom stereocenters. The smallest absolute Gasteiger partial charge is 0.322 e. The number of carbonyl (C=O) groups is 2. The van der Waals surface area contributed by atoms with Crippen molar-refractivity contribution >= 4 is 39.0 Å². The third-order valence-corrected chi connectivity index (χ3v) is 5.88. The Balaban J connectivity index is 1.66. The van der Waals surface area contributed by atoms with E-state index in [2.05, 4.69) is 20.7 Å². The quantitative estimate of drug-likeness (QED) is 0.468. The van der Waals surface area contributed by atoms with Crippen molar-refractivity contribution in [2.45, 2.75) is 11.8 Å². The zero-order valence-corrected chi connectivity index (χ0v) is 17.8. The van der Waals surface area contributed by atoms with E-state index in [1.54, 1.807) is 49.4 Å². The fourth-order valence-electron chi connectivity index (χ4n) is 2.78. The second-order valence-corrected chi connectivity index (χ2v) is 8.55. The summed E-state index contributed by atoms with van der Waals surface area (Å²) in [5.41, 5.74) is 2.61. The first kappa shape index (κ1) is 22.0. The highest BCUT2D eigenvalue weighted by molar-refractivity contribution is 7.89. The van der Waals surface area contributed by atoms with Crippen molar-refractivity contribution in [1.82, 2.24) is 4.72 Å². The van der Waals surface area contributed by atoms with E-state index in [-0.39, 0.29) is 16.5 Å². The van der Waals surface area contributed by atoms with E-state index < -0.39 is 15.9 Å². The molecule has 9 heteroatoms. The van der Waals surface area contributed by atoms with Gasteiger partial charge in [-0.15, -0.1) is 0 Å². The van der Waals surface area contributed by atoms with E-state index in [0.717, 1.165) is 0 Å². The summed E-state index contributed by atoms with van der Waals surface area (Å²) in [7, 11) is -2.35. The lowest BCUT2D eigenvalue weighted by Crippen LogP contribution is -2.20. The number of carbonyl (C=O) groups excluding carboxylic acids is 2. The number of urea groups is 1. The van der Waals surface area contributed by atoms with Gasteiger partial charge in [-0.05, 0) is 68.1 Å². The predicted octanol–water partition coefficient (Wildman–Crippen LogP) is 3.80. The molecule has 0 saturated heterocycles. The Hall–Kier alpha value is -3.69. The molecule has 3 aromatic carbocycles. The van der Waals surface area contributed by atoms with Crippen LogP contribution < -0.4 is 20.7 Å². The topological polar surface area (TPSA) is 116 Å². The third kappa shape index (κ3) is 5.68. The van der Waals surface area contributed by atoms with Crippen LogP contribution in [0.1, 0.15) is 15.9 Å². The first-order valence-electron chi connectivity index (χ1n) is 9.37. The average molecular weight is 439 g/mol. The van der Waals surface area contributed by atoms with Crippen LogP contribution >= 0.6 is 0 Å². The van der Waals surface area contributed by atoms with Crippen LogP contribution in [0.25, 0.3) is 0 Å². The van der Waals surface area contributed by atoms with Crippen LogP contribution in [0.15, 0.2) is 77.7 Å². The number of hydrogen-bond donors (Lipinski definition) is 4. The lowest BCUT2D eigenvalue weighted by molar-refractivity contribution is 0.102. The molecule has 0 aliphatic heterocycles. The van der Waals surface area contributed by atoms with Crippen molar-refractivity contribution < 1.29 is 18.0 Å². The number of anilines is 3. The minimum absolute atomic E-state index is 0.00901. The van der Waals surface area contributed by atoms with Gasteiger partial charge in [0.05, 0.1) is 4.90 Å². The highest BCUT2D eigenvalue weighted by atomic mass is 32.2. The van der Waals surface area contributed by atoms with E-state index in [9.17, 15) is 18.0 Å². The first-order chi connectivity index (χ1) is 14.8. The number of benzene rings is 3. The van der Waals surface area contributed by atoms with E-state index in [4.69, 9.17) is 0 Å². The summed E-state index contributed by atoms with van der Waals surface area (Å²) in [6.07, 6.45) is 0. The van der Waals surface area contributed by atoms with Crippen LogP contribution in [0.4, 0.5) is 21.9 Å². The number of aryl methyl sites for hydroxylation is 1. The monoisotopic (exact) mass is 438 g/mol. The minimum atomic E-state index is -3.66. The maximum atomic E-state index is 12.7. The number of amides is 3. The molecule has 0 atom stereocenters. The van der Waals surface area contributed by atoms with Gasteiger partial charge in [-0.25, -0.2) is 17.9 Å². The molecule has 0 aromatic heterocycles. The van der Waals surface area contributed by atoms with Crippen LogP contribution in [0.3, 0.4) is 0 Å². The summed E-state index contributed by atoms with van der Waals surface area (Å²) in [6, 6.07) is 19.6. The largest absolute Gasteiger partial charge is 0.323 e. The molecule has 8 nitrogen and oxygen atoms in total. The minimum Gasteiger partial charge on any atom is -0.322 e. The molecule has 3 rings (SSSR count). The van der Waals surface area contributed by atoms with Gasteiger partial charge < -0.3 is 16.0 Å². The molecule has 0 fully saturated rings. The van der Waals surface area contributed by atoms with Crippen molar-refractivity contribution in [2.75, 3.05) is 23.0 Å². The molecule has 0 spiro atoms. The Morgan fingerprint density at radius 3 is 1.87 bits per heavy atom. The maximum Gasteiger partial charge on any atom is 0.323 e. The Labute approximate surface area is 180 Å². The van der Waals surface area contributed by atoms with Gasteiger partial charge in [0.15, 0.2) is 0 Å². The molecular weight excluding hydrogens is 416 g/mol. The van der Waals surface area contributed by atoms with Gasteiger partial charge >= 0.3 is 6.03 Å². The second kappa shape index (κ2) is 9.41. The predicted molar refractivity (Wildman–Crippen MR) is 121 cm³/mol. The van der Waals surface area contributed by atoms with Crippen LogP contribution in [0, 0.1) is 6.92 Å². The maximum absolute atomic E-state index is 12.7. The summed E-state index contributed by atoms with van der Waals surface area (Å²) in [5, 5.41) is 8.15. The lowest BCUT2D eigenvalue weighted by atomic mass is 10.1. The molecule has 0 heterocycles. The Morgan fingerprint density at radius 1 is 0.742 bits per heavy atom. The summed E-state index contributed by atoms with van der Waals surface area (Å²) in [6.45, 7) is 1.73. The molecule has 31 heavy (non-hydrogen) atoms. The van der Waals surface area contributed by atoms with Crippen molar-refractivity contribution in [1.29, 1.82) is 0 Å². The van der Waals surface area contributed by atoms with Gasteiger partial charge in [-0.1, -0.05) is 24.3 Å². The standard InChI is InChI=1S/C22H22N4O4S/c1-15-8-13-19(31(29,30)23-2)14-20(15)21(27)24-17-9-11-18(12-10-17)26-22(28)25-16-6-4-3-5-7-16/h3-14,23H,1-2H3,(H,24,27)(H2,25,26,28). The fraction of sp³-hybridized carbons (Fsp3) is 0.0909. The van der Waals surface area contributed by atoms with Crippen molar-refractivity contribution in [2.24, 2.45) is 0 Å². The zero-order chi connectivity index (χ0) is 22.4. The van der Waals surface area contributed by atoms with Gasteiger partial charge in [-0.3, -0.25) is 4.79 Å². The number of para-hydroxylation sites is 1. The van der Waals surface area contributed by atoms with Crippen molar-refractivity contribution in [3.63, 3.8) is 0 Å². The number of sulfonamides is 1. The summed E-state index contributed by atoms with van der Waals surface area (Å²) >= 11 is 0. The van der Waals surface area contributed by atoms with Crippen LogP contribution in [-0.2, 0) is 10.0 Å². The average Bonchev–Trinajstić information content (AvgIpc) is 2.76. The number of nitrogens with one attached hydrogen (secondary N) is 4. The molecule has 0 saturated carbocycles. The highest BCUT2D eigenvalue weighted by Gasteiger charge is 2.16. The van der Waals surface area contributed by atoms with E-state index in [1.807, 2.05) is 18.2 Å². The van der Waals surface area contributed by atoms with Crippen molar-refractivity contribution in [3.8, 4) is 0 Å². The molecule has 3 amide bonds. The Bertz CT molecular complexity index is 1190. The molecule has 0 bridgehead atoms. The SMILES string of the molecule is CNS(=O)(=O)c1ccc(C)c(C(=O)Nc2ccc(NC(=O)Nc3ccccc3)cc2)c1. The summed E-state index contributed by atoms with van der Waals surface area (Å²) in [5.74, 6) is -0.437. The molecule has 0 aliphatic carbocycles. The molecule has 4 N–H and O–H groups in total. The van der Waals surface area contributed by atoms with Gasteiger partial charge in [-0.2, -0.15) is 0 Å². The van der Waals surface area contributed by atoms with Gasteiger partial charge in [0.25, 0.3) is 5.91 Å². The van der Waals surface area contributed by atoms with Crippen LogP contribution in [0.5, 0.6) is 0 Å². The van der Waals surface area contributed by atoms with Gasteiger partial charge in [0.1, 0.15) is 0 Å². The first-order valence-corrected chi connectivity index (χ1v) is 10.9. The normalized spacial score (nSPS) is 10.9. The molecule has 3 aromatic rings. The number of rotatable bonds is 6. The Kier molecular flexibility index (Phi) is 6.68. The molecule has 0 aliphatic rings. The van der Waals surface area contributed by atoms with Gasteiger partial charge in [0, 0.05) is 22.6 Å². The van der Waals surface area contributed by atoms with Crippen LogP contribution in [0.2, 0.25) is 0 Å². The lowest BCUT2D eigenvalue weighted by Gasteiger charge is -2.11. The van der Waals surface area contributed by atoms with E-state index in [0.29, 0.717) is 22.6 Å². The zero-order valence-electron chi connectivity index (χ0n) is 17.0. The molecular formula is C22H22N4O4S.